The van der Waals surface area contributed by atoms with Crippen LogP contribution in [0.1, 0.15) is 40.8 Å². The van der Waals surface area contributed by atoms with Crippen molar-refractivity contribution in [1.29, 1.82) is 0 Å². The highest BCUT2D eigenvalue weighted by Gasteiger charge is 2.42. The zero-order chi connectivity index (χ0) is 23.4. The number of aryl methyl sites for hydroxylation is 2. The summed E-state index contributed by atoms with van der Waals surface area (Å²) in [6, 6.07) is 19.3. The van der Waals surface area contributed by atoms with E-state index in [1.165, 1.54) is 10.9 Å². The minimum Gasteiger partial charge on any atom is -0.377 e. The Bertz CT molecular complexity index is 1510. The first kappa shape index (κ1) is 21.3. The summed E-state index contributed by atoms with van der Waals surface area (Å²) >= 11 is 0. The number of nitrogens with one attached hydrogen (secondary N) is 3. The maximum atomic E-state index is 13.2. The van der Waals surface area contributed by atoms with Crippen LogP contribution in [-0.4, -0.2) is 20.0 Å². The molecule has 0 spiro atoms. The van der Waals surface area contributed by atoms with Crippen LogP contribution in [0.25, 0.3) is 10.9 Å². The molecule has 7 heteroatoms. The Labute approximate surface area is 199 Å². The van der Waals surface area contributed by atoms with E-state index in [9.17, 15) is 8.42 Å². The average molecular weight is 474 g/mol. The third-order valence-corrected chi connectivity index (χ3v) is 8.61. The Morgan fingerprint density at radius 1 is 0.971 bits per heavy atom. The zero-order valence-electron chi connectivity index (χ0n) is 19.1. The number of sulfonamides is 1. The molecular weight excluding hydrogens is 446 g/mol. The van der Waals surface area contributed by atoms with Gasteiger partial charge in [-0.1, -0.05) is 24.3 Å². The lowest BCUT2D eigenvalue weighted by atomic mass is 9.81. The molecule has 0 aliphatic carbocycles. The van der Waals surface area contributed by atoms with E-state index in [0.717, 1.165) is 34.3 Å². The quantitative estimate of drug-likeness (QED) is 0.348. The smallest absolute Gasteiger partial charge is 0.261 e. The number of aromatic amines is 1. The average Bonchev–Trinajstić information content (AvgIpc) is 3.48. The van der Waals surface area contributed by atoms with Crippen LogP contribution in [0.3, 0.4) is 0 Å². The number of hydrogen-bond acceptors (Lipinski definition) is 4. The summed E-state index contributed by atoms with van der Waals surface area (Å²) in [6.07, 6.45) is 2.85. The fraction of sp³-hybridized carbons (Fsp3) is 0.259. The van der Waals surface area contributed by atoms with E-state index in [4.69, 9.17) is 4.74 Å². The second-order valence-corrected chi connectivity index (χ2v) is 11.0. The third kappa shape index (κ3) is 3.47. The van der Waals surface area contributed by atoms with Crippen LogP contribution in [-0.2, 0) is 14.8 Å². The Kier molecular flexibility index (Phi) is 4.93. The highest BCUT2D eigenvalue weighted by Crippen LogP contribution is 2.51. The van der Waals surface area contributed by atoms with Crippen molar-refractivity contribution in [3.63, 3.8) is 0 Å². The number of H-pyrrole nitrogens is 1. The van der Waals surface area contributed by atoms with E-state index < -0.39 is 10.0 Å². The van der Waals surface area contributed by atoms with E-state index in [-0.39, 0.29) is 23.0 Å². The Hall–Kier alpha value is -3.29. The molecule has 34 heavy (non-hydrogen) atoms. The fourth-order valence-corrected chi connectivity index (χ4v) is 6.38. The maximum Gasteiger partial charge on any atom is 0.261 e. The Morgan fingerprint density at radius 3 is 2.68 bits per heavy atom. The van der Waals surface area contributed by atoms with Gasteiger partial charge < -0.3 is 15.0 Å². The Morgan fingerprint density at radius 2 is 1.82 bits per heavy atom. The van der Waals surface area contributed by atoms with Crippen molar-refractivity contribution < 1.29 is 13.2 Å². The second kappa shape index (κ2) is 7.89. The molecule has 0 amide bonds. The summed E-state index contributed by atoms with van der Waals surface area (Å²) in [7, 11) is -3.73. The minimum absolute atomic E-state index is 0.0901. The molecule has 0 radical (unpaired) electrons. The van der Waals surface area contributed by atoms with Gasteiger partial charge in [0, 0.05) is 46.6 Å². The molecule has 6 rings (SSSR count). The van der Waals surface area contributed by atoms with Gasteiger partial charge >= 0.3 is 0 Å². The molecular formula is C27H27N3O3S. The van der Waals surface area contributed by atoms with Gasteiger partial charge in [0.25, 0.3) is 10.0 Å². The molecule has 1 aromatic heterocycles. The van der Waals surface area contributed by atoms with Crippen LogP contribution >= 0.6 is 0 Å². The fourth-order valence-electron chi connectivity index (χ4n) is 5.30. The number of para-hydroxylation sites is 1. The number of rotatable bonds is 4. The molecule has 174 valence electrons. The van der Waals surface area contributed by atoms with Crippen molar-refractivity contribution >= 4 is 32.3 Å². The van der Waals surface area contributed by atoms with Crippen molar-refractivity contribution in [3.8, 4) is 0 Å². The maximum absolute atomic E-state index is 13.2. The van der Waals surface area contributed by atoms with Crippen LogP contribution < -0.4 is 10.0 Å². The van der Waals surface area contributed by atoms with Crippen molar-refractivity contribution in [3.05, 3.63) is 89.1 Å². The highest BCUT2D eigenvalue weighted by atomic mass is 32.2. The van der Waals surface area contributed by atoms with Crippen LogP contribution in [0.5, 0.6) is 0 Å². The molecule has 2 aliphatic rings. The summed E-state index contributed by atoms with van der Waals surface area (Å²) < 4.78 is 35.3. The van der Waals surface area contributed by atoms with Crippen molar-refractivity contribution in [2.75, 3.05) is 16.6 Å². The first-order valence-electron chi connectivity index (χ1n) is 11.6. The number of benzene rings is 3. The highest BCUT2D eigenvalue weighted by molar-refractivity contribution is 7.92. The van der Waals surface area contributed by atoms with Crippen molar-refractivity contribution in [2.45, 2.75) is 37.3 Å². The van der Waals surface area contributed by atoms with Gasteiger partial charge in [-0.05, 0) is 73.4 Å². The first-order valence-corrected chi connectivity index (χ1v) is 13.1. The summed E-state index contributed by atoms with van der Waals surface area (Å²) in [5, 5.41) is 4.89. The second-order valence-electron chi connectivity index (χ2n) is 9.31. The van der Waals surface area contributed by atoms with Gasteiger partial charge in [-0.2, -0.15) is 0 Å². The van der Waals surface area contributed by atoms with Gasteiger partial charge in [0.15, 0.2) is 0 Å². The van der Waals surface area contributed by atoms with E-state index in [0.29, 0.717) is 12.3 Å². The molecule has 0 bridgehead atoms. The number of hydrogen-bond donors (Lipinski definition) is 3. The molecule has 3 unspecified atom stereocenters. The SMILES string of the molecule is Cc1ccc(NS(=O)(=O)c2ccc3c(c2)C2OCCC2C(c2c[nH]c4ccccc24)N3)cc1C. The summed E-state index contributed by atoms with van der Waals surface area (Å²) in [4.78, 5) is 3.62. The number of fused-ring (bicyclic) bond motifs is 4. The molecule has 3 heterocycles. The summed E-state index contributed by atoms with van der Waals surface area (Å²) in [5.41, 5.74) is 6.88. The molecule has 1 saturated heterocycles. The standard InChI is InChI=1S/C27H27N3O3S/c1-16-7-8-18(13-17(16)2)30-34(31,32)19-9-10-25-22(14-19)27-21(11-12-33-27)26(29-25)23-15-28-24-6-4-3-5-20(23)24/h3-10,13-15,21,26-30H,11-12H2,1-2H3. The van der Waals surface area contributed by atoms with E-state index in [2.05, 4.69) is 39.4 Å². The molecule has 6 nitrogen and oxygen atoms in total. The van der Waals surface area contributed by atoms with Crippen LogP contribution in [0.15, 0.2) is 71.8 Å². The predicted octanol–water partition coefficient (Wildman–Crippen LogP) is 5.83. The Balaban J connectivity index is 1.35. The lowest BCUT2D eigenvalue weighted by Crippen LogP contribution is -2.29. The van der Waals surface area contributed by atoms with Gasteiger partial charge in [-0.25, -0.2) is 8.42 Å². The molecule has 3 aromatic carbocycles. The van der Waals surface area contributed by atoms with Gasteiger partial charge in [0.2, 0.25) is 0 Å². The van der Waals surface area contributed by atoms with E-state index >= 15 is 0 Å². The topological polar surface area (TPSA) is 83.2 Å². The predicted molar refractivity (Wildman–Crippen MR) is 135 cm³/mol. The minimum atomic E-state index is -3.73. The lowest BCUT2D eigenvalue weighted by Gasteiger charge is -2.36. The molecule has 3 atom stereocenters. The zero-order valence-corrected chi connectivity index (χ0v) is 19.9. The normalized spacial score (nSPS) is 21.6. The van der Waals surface area contributed by atoms with Gasteiger partial charge in [0.05, 0.1) is 17.0 Å². The molecule has 4 aromatic rings. The van der Waals surface area contributed by atoms with Gasteiger partial charge in [-0.15, -0.1) is 0 Å². The first-order chi connectivity index (χ1) is 16.4. The van der Waals surface area contributed by atoms with Crippen LogP contribution in [0.2, 0.25) is 0 Å². The number of aromatic nitrogens is 1. The monoisotopic (exact) mass is 473 g/mol. The van der Waals surface area contributed by atoms with Crippen LogP contribution in [0.4, 0.5) is 11.4 Å². The van der Waals surface area contributed by atoms with Gasteiger partial charge in [-0.3, -0.25) is 4.72 Å². The molecule has 1 fully saturated rings. The molecule has 3 N–H and O–H groups in total. The van der Waals surface area contributed by atoms with Crippen LogP contribution in [0, 0.1) is 19.8 Å². The molecule has 0 saturated carbocycles. The van der Waals surface area contributed by atoms with Crippen molar-refractivity contribution in [2.24, 2.45) is 5.92 Å². The largest absolute Gasteiger partial charge is 0.377 e. The number of anilines is 2. The lowest BCUT2D eigenvalue weighted by molar-refractivity contribution is 0.0829. The van der Waals surface area contributed by atoms with E-state index in [1.54, 1.807) is 18.2 Å². The summed E-state index contributed by atoms with van der Waals surface area (Å²) in [6.45, 7) is 4.64. The third-order valence-electron chi connectivity index (χ3n) is 7.23. The van der Waals surface area contributed by atoms with Gasteiger partial charge in [0.1, 0.15) is 0 Å². The number of ether oxygens (including phenoxy) is 1. The van der Waals surface area contributed by atoms with E-state index in [1.807, 2.05) is 38.1 Å². The molecule has 2 aliphatic heterocycles. The van der Waals surface area contributed by atoms with Crippen molar-refractivity contribution in [1.82, 2.24) is 4.98 Å². The summed E-state index contributed by atoms with van der Waals surface area (Å²) in [5.74, 6) is 0.220.